The smallest absolute Gasteiger partial charge is 0.242 e. The Morgan fingerprint density at radius 3 is 2.29 bits per heavy atom. The van der Waals surface area contributed by atoms with E-state index in [9.17, 15) is 4.79 Å². The molecule has 0 aliphatic carbocycles. The first-order chi connectivity index (χ1) is 13.7. The van der Waals surface area contributed by atoms with Gasteiger partial charge in [0.05, 0.1) is 0 Å². The van der Waals surface area contributed by atoms with E-state index in [2.05, 4.69) is 47.4 Å². The number of benzene rings is 3. The Bertz CT molecular complexity index is 924. The number of carbonyl (C=O) groups excluding carboxylic acids is 1. The third kappa shape index (κ3) is 4.39. The second kappa shape index (κ2) is 8.25. The fourth-order valence-electron chi connectivity index (χ4n) is 3.21. The Balaban J connectivity index is 1.33. The summed E-state index contributed by atoms with van der Waals surface area (Å²) >= 11 is 0. The lowest BCUT2D eigenvalue weighted by Crippen LogP contribution is -2.39. The Labute approximate surface area is 164 Å². The van der Waals surface area contributed by atoms with Gasteiger partial charge in [-0.05, 0) is 55.3 Å². The van der Waals surface area contributed by atoms with Crippen LogP contribution in [0.3, 0.4) is 0 Å². The largest absolute Gasteiger partial charge is 0.457 e. The van der Waals surface area contributed by atoms with Gasteiger partial charge in [-0.3, -0.25) is 4.79 Å². The SMILES string of the molecule is Cc1ccc(C2CC(C(=O)Nc3ccc(Oc4ccccc4)cc3)NN2)cc1. The van der Waals surface area contributed by atoms with Crippen LogP contribution < -0.4 is 20.9 Å². The molecule has 1 fully saturated rings. The molecule has 0 radical (unpaired) electrons. The van der Waals surface area contributed by atoms with Gasteiger partial charge in [0, 0.05) is 11.7 Å². The number of nitrogens with one attached hydrogen (secondary N) is 3. The third-order valence-electron chi connectivity index (χ3n) is 4.80. The van der Waals surface area contributed by atoms with Crippen LogP contribution in [-0.4, -0.2) is 11.9 Å². The maximum Gasteiger partial charge on any atom is 0.242 e. The van der Waals surface area contributed by atoms with Crippen molar-refractivity contribution in [3.63, 3.8) is 0 Å². The molecule has 2 atom stereocenters. The second-order valence-electron chi connectivity index (χ2n) is 6.97. The van der Waals surface area contributed by atoms with Crippen LogP contribution in [0.15, 0.2) is 78.9 Å². The van der Waals surface area contributed by atoms with E-state index in [0.717, 1.165) is 17.2 Å². The Morgan fingerprint density at radius 2 is 1.57 bits per heavy atom. The van der Waals surface area contributed by atoms with Crippen LogP contribution in [0.1, 0.15) is 23.6 Å². The first-order valence-corrected chi connectivity index (χ1v) is 9.39. The summed E-state index contributed by atoms with van der Waals surface area (Å²) < 4.78 is 5.77. The molecule has 0 aromatic heterocycles. The van der Waals surface area contributed by atoms with Gasteiger partial charge < -0.3 is 10.1 Å². The van der Waals surface area contributed by atoms with Crippen molar-refractivity contribution in [2.24, 2.45) is 0 Å². The monoisotopic (exact) mass is 373 g/mol. The van der Waals surface area contributed by atoms with E-state index in [-0.39, 0.29) is 18.0 Å². The Hall–Kier alpha value is -3.15. The molecule has 3 N–H and O–H groups in total. The quantitative estimate of drug-likeness (QED) is 0.623. The summed E-state index contributed by atoms with van der Waals surface area (Å²) in [5.41, 5.74) is 9.46. The summed E-state index contributed by atoms with van der Waals surface area (Å²) in [5.74, 6) is 1.45. The predicted octanol–water partition coefficient (Wildman–Crippen LogP) is 4.33. The molecule has 28 heavy (non-hydrogen) atoms. The standard InChI is InChI=1S/C23H23N3O2/c1-16-7-9-17(10-8-16)21-15-22(26-25-21)23(27)24-18-11-13-20(14-12-18)28-19-5-3-2-4-6-19/h2-14,21-22,25-26H,15H2,1H3,(H,24,27). The molecule has 4 rings (SSSR count). The van der Waals surface area contributed by atoms with Gasteiger partial charge in [-0.1, -0.05) is 48.0 Å². The summed E-state index contributed by atoms with van der Waals surface area (Å²) in [6, 6.07) is 25.2. The van der Waals surface area contributed by atoms with Gasteiger partial charge in [0.2, 0.25) is 5.91 Å². The van der Waals surface area contributed by atoms with E-state index in [0.29, 0.717) is 6.42 Å². The molecule has 5 nitrogen and oxygen atoms in total. The molecule has 1 heterocycles. The number of aryl methyl sites for hydroxylation is 1. The number of ether oxygens (including phenoxy) is 1. The number of hydrogen-bond acceptors (Lipinski definition) is 4. The minimum absolute atomic E-state index is 0.0566. The average Bonchev–Trinajstić information content (AvgIpc) is 3.21. The molecule has 1 amide bonds. The van der Waals surface area contributed by atoms with Crippen molar-refractivity contribution in [1.29, 1.82) is 0 Å². The average molecular weight is 373 g/mol. The number of amides is 1. The molecule has 1 aliphatic rings. The third-order valence-corrected chi connectivity index (χ3v) is 4.80. The first-order valence-electron chi connectivity index (χ1n) is 9.39. The van der Waals surface area contributed by atoms with Crippen LogP contribution >= 0.6 is 0 Å². The molecule has 0 saturated carbocycles. The minimum atomic E-state index is -0.286. The molecule has 5 heteroatoms. The van der Waals surface area contributed by atoms with Crippen molar-refractivity contribution >= 4 is 11.6 Å². The van der Waals surface area contributed by atoms with E-state index in [1.807, 2.05) is 54.6 Å². The number of rotatable bonds is 5. The lowest BCUT2D eigenvalue weighted by molar-refractivity contribution is -0.117. The highest BCUT2D eigenvalue weighted by Gasteiger charge is 2.30. The maximum atomic E-state index is 12.6. The van der Waals surface area contributed by atoms with E-state index >= 15 is 0 Å². The predicted molar refractivity (Wildman–Crippen MR) is 110 cm³/mol. The summed E-state index contributed by atoms with van der Waals surface area (Å²) in [4.78, 5) is 12.6. The normalized spacial score (nSPS) is 18.6. The van der Waals surface area contributed by atoms with E-state index in [1.165, 1.54) is 11.1 Å². The first kappa shape index (κ1) is 18.2. The minimum Gasteiger partial charge on any atom is -0.457 e. The molecule has 2 unspecified atom stereocenters. The zero-order valence-electron chi connectivity index (χ0n) is 15.7. The number of anilines is 1. The van der Waals surface area contributed by atoms with Gasteiger partial charge in [-0.2, -0.15) is 0 Å². The molecule has 1 saturated heterocycles. The zero-order chi connectivity index (χ0) is 19.3. The molecule has 0 spiro atoms. The summed E-state index contributed by atoms with van der Waals surface area (Å²) in [6.45, 7) is 2.07. The second-order valence-corrected chi connectivity index (χ2v) is 6.97. The van der Waals surface area contributed by atoms with Crippen molar-refractivity contribution in [1.82, 2.24) is 10.9 Å². The molecule has 3 aromatic carbocycles. The van der Waals surface area contributed by atoms with Crippen LogP contribution in [0.5, 0.6) is 11.5 Å². The van der Waals surface area contributed by atoms with Gasteiger partial charge in [0.1, 0.15) is 17.5 Å². The fraction of sp³-hybridized carbons (Fsp3) is 0.174. The number of carbonyl (C=O) groups is 1. The summed E-state index contributed by atoms with van der Waals surface area (Å²) in [6.07, 6.45) is 0.699. The molecule has 142 valence electrons. The van der Waals surface area contributed by atoms with Gasteiger partial charge in [0.15, 0.2) is 0 Å². The lowest BCUT2D eigenvalue weighted by Gasteiger charge is -2.12. The molecule has 3 aromatic rings. The van der Waals surface area contributed by atoms with Crippen LogP contribution in [0, 0.1) is 6.92 Å². The number of hydrogen-bond donors (Lipinski definition) is 3. The highest BCUT2D eigenvalue weighted by Crippen LogP contribution is 2.25. The van der Waals surface area contributed by atoms with E-state index in [4.69, 9.17) is 4.74 Å². The topological polar surface area (TPSA) is 62.4 Å². The van der Waals surface area contributed by atoms with Crippen molar-refractivity contribution in [3.05, 3.63) is 90.0 Å². The molecule has 1 aliphatic heterocycles. The van der Waals surface area contributed by atoms with Crippen molar-refractivity contribution in [3.8, 4) is 11.5 Å². The van der Waals surface area contributed by atoms with Crippen molar-refractivity contribution in [2.45, 2.75) is 25.4 Å². The van der Waals surface area contributed by atoms with Gasteiger partial charge in [-0.15, -0.1) is 0 Å². The van der Waals surface area contributed by atoms with Crippen molar-refractivity contribution in [2.75, 3.05) is 5.32 Å². The van der Waals surface area contributed by atoms with Crippen LogP contribution in [0.4, 0.5) is 5.69 Å². The van der Waals surface area contributed by atoms with Crippen LogP contribution in [0.25, 0.3) is 0 Å². The van der Waals surface area contributed by atoms with E-state index in [1.54, 1.807) is 0 Å². The number of hydrazine groups is 1. The summed E-state index contributed by atoms with van der Waals surface area (Å²) in [7, 11) is 0. The summed E-state index contributed by atoms with van der Waals surface area (Å²) in [5, 5.41) is 2.96. The van der Waals surface area contributed by atoms with Gasteiger partial charge >= 0.3 is 0 Å². The van der Waals surface area contributed by atoms with Gasteiger partial charge in [-0.25, -0.2) is 10.9 Å². The lowest BCUT2D eigenvalue weighted by atomic mass is 10.0. The molecular formula is C23H23N3O2. The number of para-hydroxylation sites is 1. The Morgan fingerprint density at radius 1 is 0.893 bits per heavy atom. The maximum absolute atomic E-state index is 12.6. The molecule has 0 bridgehead atoms. The van der Waals surface area contributed by atoms with Crippen LogP contribution in [0.2, 0.25) is 0 Å². The highest BCUT2D eigenvalue weighted by atomic mass is 16.5. The Kier molecular flexibility index (Phi) is 5.37. The molecular weight excluding hydrogens is 350 g/mol. The van der Waals surface area contributed by atoms with Crippen LogP contribution in [-0.2, 0) is 4.79 Å². The zero-order valence-corrected chi connectivity index (χ0v) is 15.7. The highest BCUT2D eigenvalue weighted by molar-refractivity contribution is 5.95. The van der Waals surface area contributed by atoms with E-state index < -0.39 is 0 Å². The van der Waals surface area contributed by atoms with Crippen molar-refractivity contribution < 1.29 is 9.53 Å². The van der Waals surface area contributed by atoms with Gasteiger partial charge in [0.25, 0.3) is 0 Å². The fourth-order valence-corrected chi connectivity index (χ4v) is 3.21.